The van der Waals surface area contributed by atoms with Crippen molar-refractivity contribution in [1.82, 2.24) is 5.32 Å². The highest BCUT2D eigenvalue weighted by molar-refractivity contribution is 9.10. The number of ether oxygens (including phenoxy) is 1. The number of phenols is 1. The molecule has 1 aromatic heterocycles. The molecule has 19 heavy (non-hydrogen) atoms. The minimum Gasteiger partial charge on any atom is -0.504 e. The van der Waals surface area contributed by atoms with Crippen molar-refractivity contribution in [1.29, 1.82) is 0 Å². The summed E-state index contributed by atoms with van der Waals surface area (Å²) < 4.78 is 5.81. The molecular weight excluding hydrogens is 330 g/mol. The Bertz CT molecular complexity index is 597. The normalized spacial score (nSPS) is 10.2. The molecule has 0 spiro atoms. The molecule has 0 unspecified atom stereocenters. The van der Waals surface area contributed by atoms with Crippen LogP contribution in [0.4, 0.5) is 0 Å². The quantitative estimate of drug-likeness (QED) is 0.897. The molecule has 2 N–H and O–H groups in total. The Morgan fingerprint density at radius 1 is 1.47 bits per heavy atom. The Morgan fingerprint density at radius 3 is 2.89 bits per heavy atom. The lowest BCUT2D eigenvalue weighted by atomic mass is 10.2. The van der Waals surface area contributed by atoms with Crippen LogP contribution in [0.25, 0.3) is 0 Å². The van der Waals surface area contributed by atoms with Crippen molar-refractivity contribution in [2.75, 3.05) is 7.11 Å². The summed E-state index contributed by atoms with van der Waals surface area (Å²) >= 11 is 4.70. The Labute approximate surface area is 123 Å². The van der Waals surface area contributed by atoms with Crippen LogP contribution >= 0.6 is 27.3 Å². The number of nitrogens with one attached hydrogen (secondary N) is 1. The van der Waals surface area contributed by atoms with Crippen LogP contribution in [0.1, 0.15) is 15.2 Å². The van der Waals surface area contributed by atoms with E-state index in [0.717, 1.165) is 10.0 Å². The molecule has 1 heterocycles. The van der Waals surface area contributed by atoms with Crippen LogP contribution in [-0.2, 0) is 6.54 Å². The maximum Gasteiger partial charge on any atom is 0.262 e. The second-order valence-corrected chi connectivity index (χ2v) is 5.56. The molecule has 0 radical (unpaired) electrons. The van der Waals surface area contributed by atoms with E-state index in [2.05, 4.69) is 21.2 Å². The van der Waals surface area contributed by atoms with E-state index in [1.807, 2.05) is 11.4 Å². The zero-order valence-electron chi connectivity index (χ0n) is 10.1. The largest absolute Gasteiger partial charge is 0.504 e. The van der Waals surface area contributed by atoms with Gasteiger partial charge in [0, 0.05) is 11.0 Å². The van der Waals surface area contributed by atoms with Gasteiger partial charge in [-0.3, -0.25) is 4.79 Å². The molecule has 0 atom stereocenters. The topological polar surface area (TPSA) is 58.6 Å². The van der Waals surface area contributed by atoms with Gasteiger partial charge in [0.2, 0.25) is 0 Å². The summed E-state index contributed by atoms with van der Waals surface area (Å²) in [4.78, 5) is 12.6. The number of amides is 1. The van der Waals surface area contributed by atoms with Crippen molar-refractivity contribution in [3.05, 3.63) is 44.6 Å². The molecule has 0 aliphatic carbocycles. The summed E-state index contributed by atoms with van der Waals surface area (Å²) in [5.74, 6) is 0.344. The average molecular weight is 342 g/mol. The molecule has 4 nitrogen and oxygen atoms in total. The summed E-state index contributed by atoms with van der Waals surface area (Å²) in [5.41, 5.74) is 0.857. The Morgan fingerprint density at radius 2 is 2.26 bits per heavy atom. The van der Waals surface area contributed by atoms with Gasteiger partial charge in [-0.15, -0.1) is 11.3 Å². The summed E-state index contributed by atoms with van der Waals surface area (Å²) in [7, 11) is 1.49. The number of rotatable bonds is 4. The first kappa shape index (κ1) is 13.9. The van der Waals surface area contributed by atoms with E-state index < -0.39 is 0 Å². The van der Waals surface area contributed by atoms with E-state index in [4.69, 9.17) is 4.74 Å². The van der Waals surface area contributed by atoms with Gasteiger partial charge in [0.15, 0.2) is 11.5 Å². The smallest absolute Gasteiger partial charge is 0.262 e. The summed E-state index contributed by atoms with van der Waals surface area (Å²) in [6.45, 7) is 0.375. The number of benzene rings is 1. The highest BCUT2D eigenvalue weighted by Crippen LogP contribution is 2.26. The second kappa shape index (κ2) is 6.08. The molecule has 6 heteroatoms. The first-order chi connectivity index (χ1) is 9.11. The van der Waals surface area contributed by atoms with Gasteiger partial charge in [-0.25, -0.2) is 0 Å². The highest BCUT2D eigenvalue weighted by atomic mass is 79.9. The number of carbonyl (C=O) groups is 1. The minimum atomic E-state index is -0.131. The third kappa shape index (κ3) is 3.27. The van der Waals surface area contributed by atoms with Crippen LogP contribution in [0.15, 0.2) is 34.1 Å². The van der Waals surface area contributed by atoms with Crippen molar-refractivity contribution in [3.63, 3.8) is 0 Å². The van der Waals surface area contributed by atoms with E-state index in [1.54, 1.807) is 18.2 Å². The number of carbonyl (C=O) groups excluding carboxylic acids is 1. The van der Waals surface area contributed by atoms with Gasteiger partial charge in [-0.05, 0) is 45.1 Å². The molecule has 0 saturated carbocycles. The van der Waals surface area contributed by atoms with Gasteiger partial charge in [-0.1, -0.05) is 6.07 Å². The van der Waals surface area contributed by atoms with Gasteiger partial charge in [0.1, 0.15) is 4.88 Å². The lowest BCUT2D eigenvalue weighted by Gasteiger charge is -2.08. The predicted octanol–water partition coefficient (Wildman–Crippen LogP) is 3.15. The van der Waals surface area contributed by atoms with Crippen molar-refractivity contribution in [3.8, 4) is 11.5 Å². The first-order valence-electron chi connectivity index (χ1n) is 5.49. The van der Waals surface area contributed by atoms with E-state index in [1.165, 1.54) is 18.4 Å². The lowest BCUT2D eigenvalue weighted by Crippen LogP contribution is -2.22. The third-order valence-corrected chi connectivity index (χ3v) is 4.36. The number of halogens is 1. The van der Waals surface area contributed by atoms with Crippen LogP contribution in [0.3, 0.4) is 0 Å². The van der Waals surface area contributed by atoms with Crippen LogP contribution in [0.5, 0.6) is 11.5 Å². The molecule has 1 amide bonds. The van der Waals surface area contributed by atoms with Gasteiger partial charge in [0.05, 0.1) is 7.11 Å². The van der Waals surface area contributed by atoms with Gasteiger partial charge < -0.3 is 15.2 Å². The lowest BCUT2D eigenvalue weighted by molar-refractivity contribution is 0.0954. The predicted molar refractivity (Wildman–Crippen MR) is 77.8 cm³/mol. The minimum absolute atomic E-state index is 0.0820. The number of thiophene rings is 1. The molecule has 2 aromatic rings. The standard InChI is InChI=1S/C13H12BrNO3S/c1-18-11-6-8(2-3-10(11)16)7-15-13(17)12-9(14)4-5-19-12/h2-6,16H,7H2,1H3,(H,15,17). The highest BCUT2D eigenvalue weighted by Gasteiger charge is 2.11. The van der Waals surface area contributed by atoms with Gasteiger partial charge >= 0.3 is 0 Å². The zero-order valence-corrected chi connectivity index (χ0v) is 12.5. The van der Waals surface area contributed by atoms with Crippen LogP contribution < -0.4 is 10.1 Å². The summed E-state index contributed by atoms with van der Waals surface area (Å²) in [6.07, 6.45) is 0. The zero-order chi connectivity index (χ0) is 13.8. The Kier molecular flexibility index (Phi) is 4.44. The van der Waals surface area contributed by atoms with Crippen molar-refractivity contribution in [2.45, 2.75) is 6.54 Å². The number of methoxy groups -OCH3 is 1. The summed E-state index contributed by atoms with van der Waals surface area (Å²) in [5, 5.41) is 14.1. The Balaban J connectivity index is 2.03. The number of aromatic hydroxyl groups is 1. The monoisotopic (exact) mass is 341 g/mol. The third-order valence-electron chi connectivity index (χ3n) is 2.52. The van der Waals surface area contributed by atoms with Crippen LogP contribution in [0.2, 0.25) is 0 Å². The van der Waals surface area contributed by atoms with E-state index in [0.29, 0.717) is 17.2 Å². The van der Waals surface area contributed by atoms with Crippen molar-refractivity contribution < 1.29 is 14.6 Å². The molecule has 1 aromatic carbocycles. The van der Waals surface area contributed by atoms with E-state index in [-0.39, 0.29) is 11.7 Å². The van der Waals surface area contributed by atoms with Gasteiger partial charge in [0.25, 0.3) is 5.91 Å². The number of hydrogen-bond donors (Lipinski definition) is 2. The van der Waals surface area contributed by atoms with Crippen LogP contribution in [-0.4, -0.2) is 18.1 Å². The molecule has 0 bridgehead atoms. The maximum absolute atomic E-state index is 11.9. The molecule has 100 valence electrons. The molecule has 2 rings (SSSR count). The summed E-state index contributed by atoms with van der Waals surface area (Å²) in [6, 6.07) is 6.81. The molecule has 0 aliphatic heterocycles. The molecule has 0 aliphatic rings. The fourth-order valence-corrected chi connectivity index (χ4v) is 3.02. The van der Waals surface area contributed by atoms with Gasteiger partial charge in [-0.2, -0.15) is 0 Å². The maximum atomic E-state index is 11.9. The van der Waals surface area contributed by atoms with E-state index in [9.17, 15) is 9.90 Å². The van der Waals surface area contributed by atoms with E-state index >= 15 is 0 Å². The SMILES string of the molecule is COc1cc(CNC(=O)c2sccc2Br)ccc1O. The number of hydrogen-bond acceptors (Lipinski definition) is 4. The first-order valence-corrected chi connectivity index (χ1v) is 7.16. The second-order valence-electron chi connectivity index (χ2n) is 3.79. The molecular formula is C13H12BrNO3S. The molecule has 0 saturated heterocycles. The van der Waals surface area contributed by atoms with Crippen molar-refractivity contribution >= 4 is 33.2 Å². The Hall–Kier alpha value is -1.53. The van der Waals surface area contributed by atoms with Crippen molar-refractivity contribution in [2.24, 2.45) is 0 Å². The fourth-order valence-electron chi connectivity index (χ4n) is 1.55. The van der Waals surface area contributed by atoms with Crippen LogP contribution in [0, 0.1) is 0 Å². The molecule has 0 fully saturated rings. The number of phenolic OH excluding ortho intramolecular Hbond substituents is 1. The fraction of sp³-hybridized carbons (Fsp3) is 0.154. The average Bonchev–Trinajstić information content (AvgIpc) is 2.83.